The molecule has 0 spiro atoms. The zero-order valence-electron chi connectivity index (χ0n) is 12.8. The zero-order chi connectivity index (χ0) is 17.1. The summed E-state index contributed by atoms with van der Waals surface area (Å²) in [5.41, 5.74) is 2.22. The second kappa shape index (κ2) is 6.62. The number of amides is 1. The van der Waals surface area contributed by atoms with Crippen molar-refractivity contribution in [2.45, 2.75) is 13.3 Å². The van der Waals surface area contributed by atoms with Crippen molar-refractivity contribution in [3.63, 3.8) is 0 Å². The molecule has 0 fully saturated rings. The van der Waals surface area contributed by atoms with Gasteiger partial charge in [-0.2, -0.15) is 0 Å². The Kier molecular flexibility index (Phi) is 4.37. The Balaban J connectivity index is 1.69. The van der Waals surface area contributed by atoms with E-state index in [0.29, 0.717) is 11.4 Å². The largest absolute Gasteiger partial charge is 0.356 e. The van der Waals surface area contributed by atoms with Crippen molar-refractivity contribution >= 4 is 11.6 Å². The van der Waals surface area contributed by atoms with Gasteiger partial charge in [0.1, 0.15) is 11.6 Å². The lowest BCUT2D eigenvalue weighted by atomic mass is 10.1. The van der Waals surface area contributed by atoms with Crippen LogP contribution in [0, 0.1) is 18.6 Å². The van der Waals surface area contributed by atoms with Gasteiger partial charge in [0.2, 0.25) is 5.91 Å². The Morgan fingerprint density at radius 1 is 1.12 bits per heavy atom. The fourth-order valence-electron chi connectivity index (χ4n) is 2.22. The maximum absolute atomic E-state index is 13.7. The van der Waals surface area contributed by atoms with Gasteiger partial charge in [-0.25, -0.2) is 8.78 Å². The summed E-state index contributed by atoms with van der Waals surface area (Å²) in [5.74, 6) is -1.54. The molecule has 0 saturated carbocycles. The third-order valence-electron chi connectivity index (χ3n) is 3.43. The minimum atomic E-state index is -0.748. The summed E-state index contributed by atoms with van der Waals surface area (Å²) in [7, 11) is 0. The quantitative estimate of drug-likeness (QED) is 0.784. The van der Waals surface area contributed by atoms with E-state index in [2.05, 4.69) is 10.5 Å². The van der Waals surface area contributed by atoms with E-state index in [9.17, 15) is 13.6 Å². The smallest absolute Gasteiger partial charge is 0.230 e. The number of hydrogen-bond donors (Lipinski definition) is 1. The second-order valence-electron chi connectivity index (χ2n) is 5.40. The summed E-state index contributed by atoms with van der Waals surface area (Å²) >= 11 is 0. The molecule has 2 aromatic carbocycles. The average Bonchev–Trinajstić information content (AvgIpc) is 2.97. The number of anilines is 1. The lowest BCUT2D eigenvalue weighted by Crippen LogP contribution is -2.14. The Morgan fingerprint density at radius 3 is 2.58 bits per heavy atom. The number of aromatic nitrogens is 1. The number of nitrogens with one attached hydrogen (secondary N) is 1. The number of rotatable bonds is 4. The number of aryl methyl sites for hydroxylation is 1. The molecule has 0 atom stereocenters. The van der Waals surface area contributed by atoms with E-state index in [1.807, 2.05) is 19.1 Å². The Hall–Kier alpha value is -3.02. The van der Waals surface area contributed by atoms with Crippen LogP contribution in [0.4, 0.5) is 14.5 Å². The molecule has 3 aromatic rings. The van der Waals surface area contributed by atoms with Crippen molar-refractivity contribution < 1.29 is 18.1 Å². The van der Waals surface area contributed by atoms with Gasteiger partial charge in [0.25, 0.3) is 0 Å². The molecular weight excluding hydrogens is 314 g/mol. The van der Waals surface area contributed by atoms with Crippen molar-refractivity contribution in [1.29, 1.82) is 0 Å². The van der Waals surface area contributed by atoms with E-state index in [-0.39, 0.29) is 23.7 Å². The molecule has 0 saturated heterocycles. The molecule has 3 rings (SSSR count). The number of benzene rings is 2. The SMILES string of the molecule is Cc1ccc(NC(=O)Cc2cc(-c3ccc(F)cc3F)on2)cc1. The first-order chi connectivity index (χ1) is 11.5. The van der Waals surface area contributed by atoms with Gasteiger partial charge in [-0.05, 0) is 31.2 Å². The van der Waals surface area contributed by atoms with Crippen LogP contribution >= 0.6 is 0 Å². The first-order valence-electron chi connectivity index (χ1n) is 7.29. The minimum Gasteiger partial charge on any atom is -0.356 e. The molecule has 1 amide bonds. The molecule has 0 bridgehead atoms. The Bertz CT molecular complexity index is 873. The van der Waals surface area contributed by atoms with Gasteiger partial charge in [0, 0.05) is 17.8 Å². The highest BCUT2D eigenvalue weighted by Crippen LogP contribution is 2.24. The molecule has 1 heterocycles. The maximum Gasteiger partial charge on any atom is 0.230 e. The number of nitrogens with zero attached hydrogens (tertiary/aromatic N) is 1. The van der Waals surface area contributed by atoms with E-state index in [4.69, 9.17) is 4.52 Å². The second-order valence-corrected chi connectivity index (χ2v) is 5.40. The molecule has 4 nitrogen and oxygen atoms in total. The molecule has 1 N–H and O–H groups in total. The molecule has 6 heteroatoms. The fourth-order valence-corrected chi connectivity index (χ4v) is 2.22. The van der Waals surface area contributed by atoms with Gasteiger partial charge in [-0.3, -0.25) is 4.79 Å². The van der Waals surface area contributed by atoms with Crippen LogP contribution in [0.3, 0.4) is 0 Å². The normalized spacial score (nSPS) is 10.6. The van der Waals surface area contributed by atoms with Crippen LogP contribution in [0.25, 0.3) is 11.3 Å². The molecule has 1 aromatic heterocycles. The summed E-state index contributed by atoms with van der Waals surface area (Å²) in [5, 5.41) is 6.50. The van der Waals surface area contributed by atoms with Crippen molar-refractivity contribution in [2.24, 2.45) is 0 Å². The van der Waals surface area contributed by atoms with Gasteiger partial charge in [-0.1, -0.05) is 22.9 Å². The van der Waals surface area contributed by atoms with Crippen LogP contribution in [-0.2, 0) is 11.2 Å². The van der Waals surface area contributed by atoms with Gasteiger partial charge in [0.15, 0.2) is 5.76 Å². The van der Waals surface area contributed by atoms with Gasteiger partial charge in [0.05, 0.1) is 17.7 Å². The topological polar surface area (TPSA) is 55.1 Å². The highest BCUT2D eigenvalue weighted by Gasteiger charge is 2.14. The van der Waals surface area contributed by atoms with Crippen molar-refractivity contribution in [3.8, 4) is 11.3 Å². The van der Waals surface area contributed by atoms with Crippen LogP contribution in [0.2, 0.25) is 0 Å². The average molecular weight is 328 g/mol. The number of carbonyl (C=O) groups excluding carboxylic acids is 1. The molecule has 0 unspecified atom stereocenters. The van der Waals surface area contributed by atoms with E-state index < -0.39 is 11.6 Å². The van der Waals surface area contributed by atoms with Crippen molar-refractivity contribution in [2.75, 3.05) is 5.32 Å². The molecule has 0 radical (unpaired) electrons. The number of carbonyl (C=O) groups is 1. The lowest BCUT2D eigenvalue weighted by Gasteiger charge is -2.03. The molecule has 122 valence electrons. The maximum atomic E-state index is 13.7. The predicted molar refractivity (Wildman–Crippen MR) is 85.4 cm³/mol. The number of hydrogen-bond acceptors (Lipinski definition) is 3. The third-order valence-corrected chi connectivity index (χ3v) is 3.43. The summed E-state index contributed by atoms with van der Waals surface area (Å²) in [4.78, 5) is 12.0. The zero-order valence-corrected chi connectivity index (χ0v) is 12.8. The number of halogens is 2. The molecule has 0 aliphatic heterocycles. The molecule has 0 aliphatic rings. The Labute approximate surface area is 137 Å². The summed E-state index contributed by atoms with van der Waals surface area (Å²) in [6.45, 7) is 1.96. The van der Waals surface area contributed by atoms with E-state index in [1.54, 1.807) is 12.1 Å². The highest BCUT2D eigenvalue weighted by molar-refractivity contribution is 5.92. The van der Waals surface area contributed by atoms with Crippen LogP contribution in [-0.4, -0.2) is 11.1 Å². The van der Waals surface area contributed by atoms with Crippen LogP contribution in [0.15, 0.2) is 53.1 Å². The highest BCUT2D eigenvalue weighted by atomic mass is 19.1. The minimum absolute atomic E-state index is 0.0137. The first-order valence-corrected chi connectivity index (χ1v) is 7.29. The molecule has 24 heavy (non-hydrogen) atoms. The van der Waals surface area contributed by atoms with E-state index >= 15 is 0 Å². The van der Waals surface area contributed by atoms with Gasteiger partial charge in [-0.15, -0.1) is 0 Å². The third kappa shape index (κ3) is 3.65. The summed E-state index contributed by atoms with van der Waals surface area (Å²) in [6.07, 6.45) is -0.0137. The standard InChI is InChI=1S/C18H14F2N2O2/c1-11-2-5-13(6-3-11)21-18(23)10-14-9-17(24-22-14)15-7-4-12(19)8-16(15)20/h2-9H,10H2,1H3,(H,21,23). The molecular formula is C18H14F2N2O2. The van der Waals surface area contributed by atoms with Crippen LogP contribution < -0.4 is 5.32 Å². The van der Waals surface area contributed by atoms with Crippen molar-refractivity contribution in [3.05, 3.63) is 71.4 Å². The van der Waals surface area contributed by atoms with E-state index in [0.717, 1.165) is 17.7 Å². The molecule has 0 aliphatic carbocycles. The Morgan fingerprint density at radius 2 is 1.88 bits per heavy atom. The van der Waals surface area contributed by atoms with Crippen LogP contribution in [0.5, 0.6) is 0 Å². The predicted octanol–water partition coefficient (Wildman–Crippen LogP) is 4.11. The van der Waals surface area contributed by atoms with E-state index in [1.165, 1.54) is 12.1 Å². The van der Waals surface area contributed by atoms with Gasteiger partial charge >= 0.3 is 0 Å². The lowest BCUT2D eigenvalue weighted by molar-refractivity contribution is -0.115. The van der Waals surface area contributed by atoms with Gasteiger partial charge < -0.3 is 9.84 Å². The van der Waals surface area contributed by atoms with Crippen LogP contribution in [0.1, 0.15) is 11.3 Å². The first kappa shape index (κ1) is 15.9. The summed E-state index contributed by atoms with van der Waals surface area (Å²) < 4.78 is 31.7. The monoisotopic (exact) mass is 328 g/mol. The summed E-state index contributed by atoms with van der Waals surface area (Å²) in [6, 6.07) is 12.0. The van der Waals surface area contributed by atoms with Crippen molar-refractivity contribution in [1.82, 2.24) is 5.16 Å². The fraction of sp³-hybridized carbons (Fsp3) is 0.111.